The van der Waals surface area contributed by atoms with E-state index in [9.17, 15) is 0 Å². The molecule has 0 bridgehead atoms. The molecule has 1 N–H and O–H groups in total. The molecule has 0 aromatic carbocycles. The molecule has 8 heteroatoms. The third-order valence-electron chi connectivity index (χ3n) is 4.62. The summed E-state index contributed by atoms with van der Waals surface area (Å²) in [5, 5.41) is 4.21. The van der Waals surface area contributed by atoms with E-state index < -0.39 is 0 Å². The second-order valence-electron chi connectivity index (χ2n) is 6.51. The van der Waals surface area contributed by atoms with Gasteiger partial charge in [-0.05, 0) is 33.3 Å². The Kier molecular flexibility index (Phi) is 4.50. The summed E-state index contributed by atoms with van der Waals surface area (Å²) < 4.78 is 0. The summed E-state index contributed by atoms with van der Waals surface area (Å²) >= 11 is 1.65. The van der Waals surface area contributed by atoms with Crippen molar-refractivity contribution in [2.24, 2.45) is 0 Å². The molecule has 1 fully saturated rings. The van der Waals surface area contributed by atoms with Crippen molar-refractivity contribution >= 4 is 28.1 Å². The summed E-state index contributed by atoms with van der Waals surface area (Å²) in [5.74, 6) is 2.92. The Morgan fingerprint density at radius 1 is 1.19 bits per heavy atom. The maximum Gasteiger partial charge on any atom is 0.188 e. The molecule has 1 aliphatic rings. The highest BCUT2D eigenvalue weighted by atomic mass is 32.1. The summed E-state index contributed by atoms with van der Waals surface area (Å²) in [6.07, 6.45) is 4.43. The maximum atomic E-state index is 4.68. The van der Waals surface area contributed by atoms with Crippen LogP contribution in [0, 0.1) is 20.8 Å². The Morgan fingerprint density at radius 2 is 2.08 bits per heavy atom. The number of rotatable bonds is 4. The van der Waals surface area contributed by atoms with E-state index in [0.29, 0.717) is 5.92 Å². The van der Waals surface area contributed by atoms with Gasteiger partial charge < -0.3 is 10.2 Å². The van der Waals surface area contributed by atoms with Crippen molar-refractivity contribution in [1.82, 2.24) is 24.9 Å². The molecule has 0 saturated carbocycles. The topological polar surface area (TPSA) is 79.7 Å². The molecule has 1 saturated heterocycles. The predicted octanol–water partition coefficient (Wildman–Crippen LogP) is 3.39. The van der Waals surface area contributed by atoms with E-state index in [1.165, 1.54) is 4.88 Å². The minimum Gasteiger partial charge on any atom is -0.356 e. The Hall–Kier alpha value is -2.61. The lowest BCUT2D eigenvalue weighted by atomic mass is 10.0. The quantitative estimate of drug-likeness (QED) is 0.757. The molecule has 7 nitrogen and oxygen atoms in total. The number of aryl methyl sites for hydroxylation is 3. The number of nitrogens with one attached hydrogen (secondary N) is 1. The Morgan fingerprint density at radius 3 is 2.81 bits per heavy atom. The van der Waals surface area contributed by atoms with Crippen LogP contribution >= 0.6 is 11.3 Å². The van der Waals surface area contributed by atoms with Gasteiger partial charge in [0.2, 0.25) is 0 Å². The minimum atomic E-state index is 0.368. The number of nitrogens with zero attached hydrogens (tertiary/aromatic N) is 6. The summed E-state index contributed by atoms with van der Waals surface area (Å²) in [6.45, 7) is 7.91. The summed E-state index contributed by atoms with van der Waals surface area (Å²) in [4.78, 5) is 25.6. The van der Waals surface area contributed by atoms with Crippen LogP contribution in [0.1, 0.15) is 34.4 Å². The van der Waals surface area contributed by atoms with E-state index in [0.717, 1.165) is 53.5 Å². The van der Waals surface area contributed by atoms with Gasteiger partial charge in [-0.15, -0.1) is 11.3 Å². The Labute approximate surface area is 156 Å². The molecule has 3 aromatic rings. The molecule has 1 aliphatic heterocycles. The first-order valence-electron chi connectivity index (χ1n) is 8.66. The average molecular weight is 367 g/mol. The molecule has 0 unspecified atom stereocenters. The highest BCUT2D eigenvalue weighted by molar-refractivity contribution is 7.15. The van der Waals surface area contributed by atoms with E-state index >= 15 is 0 Å². The van der Waals surface area contributed by atoms with Crippen LogP contribution in [0.5, 0.6) is 0 Å². The van der Waals surface area contributed by atoms with Crippen LogP contribution in [0.2, 0.25) is 0 Å². The zero-order valence-electron chi connectivity index (χ0n) is 15.1. The fourth-order valence-corrected chi connectivity index (χ4v) is 4.00. The molecule has 0 spiro atoms. The highest BCUT2D eigenvalue weighted by Gasteiger charge is 2.26. The summed E-state index contributed by atoms with van der Waals surface area (Å²) in [7, 11) is 0. The highest BCUT2D eigenvalue weighted by Crippen LogP contribution is 2.30. The van der Waals surface area contributed by atoms with Gasteiger partial charge in [0, 0.05) is 36.1 Å². The Bertz CT molecular complexity index is 890. The summed E-state index contributed by atoms with van der Waals surface area (Å²) in [6, 6.07) is 4.00. The first kappa shape index (κ1) is 16.8. The SMILES string of the molecule is Cc1nc(Nc2nc(C)c(C)s2)cc([C@@H]2CCN(c3ccncn3)C2)n1. The molecular weight excluding hydrogens is 346 g/mol. The van der Waals surface area contributed by atoms with Gasteiger partial charge in [-0.25, -0.2) is 24.9 Å². The second kappa shape index (κ2) is 6.95. The van der Waals surface area contributed by atoms with Crippen LogP contribution < -0.4 is 10.2 Å². The van der Waals surface area contributed by atoms with E-state index in [4.69, 9.17) is 0 Å². The van der Waals surface area contributed by atoms with Crippen LogP contribution in [0.25, 0.3) is 0 Å². The monoisotopic (exact) mass is 367 g/mol. The molecule has 134 valence electrons. The van der Waals surface area contributed by atoms with Crippen molar-refractivity contribution in [3.05, 3.63) is 46.7 Å². The molecule has 26 heavy (non-hydrogen) atoms. The summed E-state index contributed by atoms with van der Waals surface area (Å²) in [5.41, 5.74) is 2.13. The molecule has 4 heterocycles. The van der Waals surface area contributed by atoms with Gasteiger partial charge in [0.05, 0.1) is 11.4 Å². The van der Waals surface area contributed by atoms with Gasteiger partial charge in [-0.2, -0.15) is 0 Å². The third-order valence-corrected chi connectivity index (χ3v) is 5.61. The second-order valence-corrected chi connectivity index (χ2v) is 7.71. The van der Waals surface area contributed by atoms with Crippen molar-refractivity contribution in [2.75, 3.05) is 23.3 Å². The fraction of sp³-hybridized carbons (Fsp3) is 0.389. The molecule has 4 rings (SSSR count). The van der Waals surface area contributed by atoms with E-state index in [2.05, 4.69) is 42.1 Å². The lowest BCUT2D eigenvalue weighted by Gasteiger charge is -2.17. The van der Waals surface area contributed by atoms with Crippen LogP contribution in [0.15, 0.2) is 24.7 Å². The van der Waals surface area contributed by atoms with Crippen LogP contribution in [0.3, 0.4) is 0 Å². The van der Waals surface area contributed by atoms with Crippen LogP contribution in [-0.2, 0) is 0 Å². The zero-order chi connectivity index (χ0) is 18.1. The number of aromatic nitrogens is 5. The van der Waals surface area contributed by atoms with E-state index in [-0.39, 0.29) is 0 Å². The minimum absolute atomic E-state index is 0.368. The number of hydrogen-bond acceptors (Lipinski definition) is 8. The van der Waals surface area contributed by atoms with Gasteiger partial charge in [0.15, 0.2) is 5.13 Å². The number of hydrogen-bond donors (Lipinski definition) is 1. The molecule has 0 amide bonds. The van der Waals surface area contributed by atoms with E-state index in [1.807, 2.05) is 26.0 Å². The van der Waals surface area contributed by atoms with Crippen molar-refractivity contribution in [2.45, 2.75) is 33.1 Å². The van der Waals surface area contributed by atoms with Gasteiger partial charge >= 0.3 is 0 Å². The Balaban J connectivity index is 1.53. The number of thiazole rings is 1. The van der Waals surface area contributed by atoms with Gasteiger partial charge in [-0.1, -0.05) is 0 Å². The standard InChI is InChI=1S/C18H21N7S/c1-11-12(2)26-18(21-11)24-16-8-15(22-13(3)23-16)14-5-7-25(9-14)17-4-6-19-10-20-17/h4,6,8,10,14H,5,7,9H2,1-3H3,(H,21,22,23,24)/t14-/m1/s1. The number of anilines is 3. The van der Waals surface area contributed by atoms with E-state index in [1.54, 1.807) is 23.9 Å². The smallest absolute Gasteiger partial charge is 0.188 e. The molecule has 0 aliphatic carbocycles. The molecule has 1 atom stereocenters. The molecule has 3 aromatic heterocycles. The predicted molar refractivity (Wildman–Crippen MR) is 103 cm³/mol. The zero-order valence-corrected chi connectivity index (χ0v) is 15.9. The van der Waals surface area contributed by atoms with Crippen LogP contribution in [0.4, 0.5) is 16.8 Å². The maximum absolute atomic E-state index is 4.68. The normalized spacial score (nSPS) is 16.9. The van der Waals surface area contributed by atoms with Crippen molar-refractivity contribution in [1.29, 1.82) is 0 Å². The lowest BCUT2D eigenvalue weighted by molar-refractivity contribution is 0.733. The van der Waals surface area contributed by atoms with Gasteiger partial charge in [0.1, 0.15) is 23.8 Å². The lowest BCUT2D eigenvalue weighted by Crippen LogP contribution is -2.20. The van der Waals surface area contributed by atoms with Gasteiger partial charge in [0.25, 0.3) is 0 Å². The van der Waals surface area contributed by atoms with Crippen molar-refractivity contribution < 1.29 is 0 Å². The van der Waals surface area contributed by atoms with Crippen molar-refractivity contribution in [3.8, 4) is 0 Å². The van der Waals surface area contributed by atoms with Crippen molar-refractivity contribution in [3.63, 3.8) is 0 Å². The molecular formula is C18H21N7S. The average Bonchev–Trinajstić information content (AvgIpc) is 3.23. The fourth-order valence-electron chi connectivity index (χ4n) is 3.18. The first-order chi connectivity index (χ1) is 12.6. The third kappa shape index (κ3) is 3.50. The largest absolute Gasteiger partial charge is 0.356 e. The van der Waals surface area contributed by atoms with Gasteiger partial charge in [-0.3, -0.25) is 0 Å². The first-order valence-corrected chi connectivity index (χ1v) is 9.48. The van der Waals surface area contributed by atoms with Crippen LogP contribution in [-0.4, -0.2) is 38.0 Å². The molecule has 0 radical (unpaired) electrons.